The molecule has 0 aromatic carbocycles. The molecule has 5 atom stereocenters. The Morgan fingerprint density at radius 3 is 1.69 bits per heavy atom. The lowest BCUT2D eigenvalue weighted by Crippen LogP contribution is -2.55. The van der Waals surface area contributed by atoms with Crippen molar-refractivity contribution in [2.24, 2.45) is 35.0 Å². The predicted molar refractivity (Wildman–Crippen MR) is 125 cm³/mol. The first-order chi connectivity index (χ1) is 15.7. The van der Waals surface area contributed by atoms with Crippen molar-refractivity contribution in [1.29, 1.82) is 0 Å². The highest BCUT2D eigenvalue weighted by atomic mass is 16.6. The van der Waals surface area contributed by atoms with Gasteiger partial charge < -0.3 is 18.9 Å². The maximum atomic E-state index is 6.24. The average molecular weight is 447 g/mol. The molecule has 2 aliphatic heterocycles. The molecule has 0 amide bonds. The summed E-state index contributed by atoms with van der Waals surface area (Å²) in [6.45, 7) is 6.16. The topological polar surface area (TPSA) is 43.5 Å². The van der Waals surface area contributed by atoms with Crippen molar-refractivity contribution in [3.05, 3.63) is 0 Å². The van der Waals surface area contributed by atoms with Gasteiger partial charge in [0.15, 0.2) is 0 Å². The predicted octanol–water partition coefficient (Wildman–Crippen LogP) is 5.77. The molecule has 6 fully saturated rings. The zero-order chi connectivity index (χ0) is 21.5. The van der Waals surface area contributed by atoms with Crippen molar-refractivity contribution >= 4 is 0 Å². The standard InChI is InChI=1S/C28H46O4/c1-19-13-20-3-2-4-23(14-20)28(19,21-5-9-24(10-6-21)29-15-26-17-31-26)22-7-11-25(12-8-22)30-16-27-18-32-27/h19-27H,2-18H2,1H3. The molecule has 32 heavy (non-hydrogen) atoms. The van der Waals surface area contributed by atoms with Crippen LogP contribution in [0.4, 0.5) is 0 Å². The summed E-state index contributed by atoms with van der Waals surface area (Å²) in [6.07, 6.45) is 20.0. The first kappa shape index (κ1) is 22.3. The Morgan fingerprint density at radius 1 is 0.656 bits per heavy atom. The van der Waals surface area contributed by atoms with E-state index in [9.17, 15) is 0 Å². The van der Waals surface area contributed by atoms with Gasteiger partial charge in [0.05, 0.1) is 38.6 Å². The van der Waals surface area contributed by atoms with E-state index in [-0.39, 0.29) is 0 Å². The van der Waals surface area contributed by atoms with Crippen molar-refractivity contribution in [2.75, 3.05) is 26.4 Å². The van der Waals surface area contributed by atoms with E-state index in [2.05, 4.69) is 6.92 Å². The number of ether oxygens (including phenoxy) is 4. The zero-order valence-corrected chi connectivity index (χ0v) is 20.3. The van der Waals surface area contributed by atoms with Crippen LogP contribution in [-0.4, -0.2) is 50.8 Å². The summed E-state index contributed by atoms with van der Waals surface area (Å²) in [7, 11) is 0. The van der Waals surface area contributed by atoms with Crippen LogP contribution >= 0.6 is 0 Å². The molecule has 4 nitrogen and oxygen atoms in total. The Morgan fingerprint density at radius 2 is 1.19 bits per heavy atom. The van der Waals surface area contributed by atoms with Crippen LogP contribution in [0.2, 0.25) is 0 Å². The summed E-state index contributed by atoms with van der Waals surface area (Å²) in [6, 6.07) is 0. The quantitative estimate of drug-likeness (QED) is 0.444. The number of fused-ring (bicyclic) bond motifs is 2. The molecule has 5 unspecified atom stereocenters. The lowest BCUT2D eigenvalue weighted by Gasteiger charge is -2.62. The van der Waals surface area contributed by atoms with E-state index in [1.54, 1.807) is 0 Å². The van der Waals surface area contributed by atoms with Crippen LogP contribution in [0.25, 0.3) is 0 Å². The van der Waals surface area contributed by atoms with Gasteiger partial charge in [0.25, 0.3) is 0 Å². The van der Waals surface area contributed by atoms with Gasteiger partial charge in [-0.05, 0) is 106 Å². The van der Waals surface area contributed by atoms with Gasteiger partial charge in [-0.3, -0.25) is 0 Å². The minimum absolute atomic E-state index is 0.403. The molecule has 2 bridgehead atoms. The summed E-state index contributed by atoms with van der Waals surface area (Å²) in [4.78, 5) is 0. The van der Waals surface area contributed by atoms with Crippen molar-refractivity contribution in [3.8, 4) is 0 Å². The maximum absolute atomic E-state index is 6.24. The lowest BCUT2D eigenvalue weighted by molar-refractivity contribution is -0.147. The Hall–Kier alpha value is -0.160. The van der Waals surface area contributed by atoms with Gasteiger partial charge in [0.1, 0.15) is 12.2 Å². The molecular formula is C28H46O4. The summed E-state index contributed by atoms with van der Waals surface area (Å²) in [5.41, 5.74) is 0.589. The Balaban J connectivity index is 1.15. The first-order valence-electron chi connectivity index (χ1n) is 14.2. The van der Waals surface area contributed by atoms with Gasteiger partial charge in [-0.1, -0.05) is 19.8 Å². The second kappa shape index (κ2) is 9.47. The SMILES string of the molecule is CC1CC2CCCC(C2)C1(C1CCC(OCC2CO2)CC1)C1CCC(OCC2CO2)CC1. The number of epoxide rings is 2. The van der Waals surface area contributed by atoms with E-state index in [1.165, 1.54) is 83.5 Å². The average Bonchev–Trinajstić information content (AvgIpc) is 3.74. The van der Waals surface area contributed by atoms with Crippen LogP contribution in [0.5, 0.6) is 0 Å². The summed E-state index contributed by atoms with van der Waals surface area (Å²) >= 11 is 0. The third-order valence-corrected chi connectivity index (χ3v) is 10.6. The Kier molecular flexibility index (Phi) is 6.61. The molecular weight excluding hydrogens is 400 g/mol. The highest BCUT2D eigenvalue weighted by Gasteiger charge is 2.57. The van der Waals surface area contributed by atoms with Crippen LogP contribution < -0.4 is 0 Å². The third kappa shape index (κ3) is 4.55. The molecule has 0 radical (unpaired) electrons. The smallest absolute Gasteiger partial charge is 0.104 e. The zero-order valence-electron chi connectivity index (χ0n) is 20.3. The van der Waals surface area contributed by atoms with Gasteiger partial charge in [0, 0.05) is 0 Å². The van der Waals surface area contributed by atoms with Gasteiger partial charge >= 0.3 is 0 Å². The Bertz CT molecular complexity index is 575. The molecule has 2 saturated heterocycles. The normalized spacial score (nSPS) is 50.7. The minimum atomic E-state index is 0.403. The van der Waals surface area contributed by atoms with E-state index in [4.69, 9.17) is 18.9 Å². The molecule has 4 saturated carbocycles. The van der Waals surface area contributed by atoms with Gasteiger partial charge in [-0.2, -0.15) is 0 Å². The van der Waals surface area contributed by atoms with Crippen molar-refractivity contribution < 1.29 is 18.9 Å². The summed E-state index contributed by atoms with van der Waals surface area (Å²) in [5.74, 6) is 4.74. The number of hydrogen-bond acceptors (Lipinski definition) is 4. The first-order valence-corrected chi connectivity index (χ1v) is 14.2. The monoisotopic (exact) mass is 446 g/mol. The van der Waals surface area contributed by atoms with E-state index >= 15 is 0 Å². The van der Waals surface area contributed by atoms with Crippen LogP contribution in [0.3, 0.4) is 0 Å². The Labute approximate surface area is 195 Å². The summed E-state index contributed by atoms with van der Waals surface area (Å²) < 4.78 is 23.2. The number of hydrogen-bond donors (Lipinski definition) is 0. The second-order valence-corrected chi connectivity index (χ2v) is 12.4. The van der Waals surface area contributed by atoms with Crippen molar-refractivity contribution in [3.63, 3.8) is 0 Å². The molecule has 6 aliphatic rings. The van der Waals surface area contributed by atoms with E-state index in [0.29, 0.717) is 29.8 Å². The molecule has 2 heterocycles. The fraction of sp³-hybridized carbons (Fsp3) is 1.00. The molecule has 182 valence electrons. The van der Waals surface area contributed by atoms with Crippen LogP contribution in [0.1, 0.15) is 90.4 Å². The second-order valence-electron chi connectivity index (χ2n) is 12.4. The molecule has 0 spiro atoms. The van der Waals surface area contributed by atoms with Gasteiger partial charge in [0.2, 0.25) is 0 Å². The van der Waals surface area contributed by atoms with Crippen LogP contribution in [0, 0.1) is 35.0 Å². The maximum Gasteiger partial charge on any atom is 0.104 e. The highest BCUT2D eigenvalue weighted by molar-refractivity contribution is 5.06. The van der Waals surface area contributed by atoms with Gasteiger partial charge in [-0.15, -0.1) is 0 Å². The highest BCUT2D eigenvalue weighted by Crippen LogP contribution is 2.65. The van der Waals surface area contributed by atoms with E-state index < -0.39 is 0 Å². The fourth-order valence-corrected chi connectivity index (χ4v) is 9.14. The van der Waals surface area contributed by atoms with Crippen LogP contribution in [-0.2, 0) is 18.9 Å². The molecule has 6 rings (SSSR count). The van der Waals surface area contributed by atoms with Crippen molar-refractivity contribution in [2.45, 2.75) is 115 Å². The lowest BCUT2D eigenvalue weighted by atomic mass is 9.43. The van der Waals surface area contributed by atoms with E-state index in [0.717, 1.165) is 56.0 Å². The molecule has 4 heteroatoms. The largest absolute Gasteiger partial charge is 0.375 e. The van der Waals surface area contributed by atoms with Crippen molar-refractivity contribution in [1.82, 2.24) is 0 Å². The van der Waals surface area contributed by atoms with E-state index in [1.807, 2.05) is 0 Å². The molecule has 0 N–H and O–H groups in total. The molecule has 4 aliphatic carbocycles. The summed E-state index contributed by atoms with van der Waals surface area (Å²) in [5, 5.41) is 0. The fourth-order valence-electron chi connectivity index (χ4n) is 9.14. The van der Waals surface area contributed by atoms with Gasteiger partial charge in [-0.25, -0.2) is 0 Å². The molecule has 0 aromatic rings. The number of rotatable bonds is 8. The van der Waals surface area contributed by atoms with Crippen LogP contribution in [0.15, 0.2) is 0 Å². The third-order valence-electron chi connectivity index (χ3n) is 10.6. The minimum Gasteiger partial charge on any atom is -0.375 e. The molecule has 0 aromatic heterocycles.